The molecule has 1 aromatic carbocycles. The van der Waals surface area contributed by atoms with Crippen molar-refractivity contribution in [1.29, 1.82) is 0 Å². The predicted molar refractivity (Wildman–Crippen MR) is 90.4 cm³/mol. The minimum absolute atomic E-state index is 0.0114. The first-order chi connectivity index (χ1) is 11.4. The van der Waals surface area contributed by atoms with Crippen LogP contribution in [0.4, 0.5) is 0 Å². The van der Waals surface area contributed by atoms with Crippen molar-refractivity contribution in [3.8, 4) is 0 Å². The molecule has 1 aliphatic heterocycles. The maximum Gasteiger partial charge on any atom is 0.325 e. The number of benzene rings is 1. The van der Waals surface area contributed by atoms with Gasteiger partial charge in [-0.05, 0) is 19.4 Å². The molecule has 0 aliphatic carbocycles. The molecule has 1 aromatic rings. The fourth-order valence-electron chi connectivity index (χ4n) is 2.73. The third-order valence-corrected chi connectivity index (χ3v) is 4.32. The van der Waals surface area contributed by atoms with E-state index in [1.54, 1.807) is 0 Å². The van der Waals surface area contributed by atoms with E-state index < -0.39 is 5.97 Å². The number of nitrogens with zero attached hydrogens (tertiary/aromatic N) is 1. The topological polar surface area (TPSA) is 67.9 Å². The number of hydrogen-bond donors (Lipinski definition) is 1. The number of morpholine rings is 1. The van der Waals surface area contributed by atoms with Gasteiger partial charge < -0.3 is 14.8 Å². The van der Waals surface area contributed by atoms with Gasteiger partial charge >= 0.3 is 5.97 Å². The summed E-state index contributed by atoms with van der Waals surface area (Å²) >= 11 is 0. The lowest BCUT2D eigenvalue weighted by Crippen LogP contribution is -2.54. The smallest absolute Gasteiger partial charge is 0.325 e. The lowest BCUT2D eigenvalue weighted by atomic mass is 9.98. The second-order valence-corrected chi connectivity index (χ2v) is 6.57. The van der Waals surface area contributed by atoms with E-state index in [0.717, 1.165) is 12.1 Å². The number of nitrogens with one attached hydrogen (secondary N) is 1. The van der Waals surface area contributed by atoms with E-state index in [4.69, 9.17) is 4.74 Å². The summed E-state index contributed by atoms with van der Waals surface area (Å²) in [5.41, 5.74) is 1.02. The number of methoxy groups -OCH3 is 1. The van der Waals surface area contributed by atoms with Crippen LogP contribution in [0, 0.1) is 0 Å². The SMILES string of the molecule is COC(=O)CNC(=O)CCN1C[C@H](c2ccccc2)OCC1(C)C. The van der Waals surface area contributed by atoms with Crippen LogP contribution in [-0.4, -0.2) is 55.7 Å². The molecule has 0 bridgehead atoms. The van der Waals surface area contributed by atoms with Crippen LogP contribution < -0.4 is 5.32 Å². The molecular formula is C18H26N2O4. The first kappa shape index (κ1) is 18.4. The third-order valence-electron chi connectivity index (χ3n) is 4.32. The summed E-state index contributed by atoms with van der Waals surface area (Å²) in [5, 5.41) is 2.57. The zero-order chi connectivity index (χ0) is 17.6. The highest BCUT2D eigenvalue weighted by Crippen LogP contribution is 2.30. The molecule has 0 unspecified atom stereocenters. The Labute approximate surface area is 143 Å². The summed E-state index contributed by atoms with van der Waals surface area (Å²) in [7, 11) is 1.30. The molecule has 0 aromatic heterocycles. The van der Waals surface area contributed by atoms with Gasteiger partial charge in [0.15, 0.2) is 0 Å². The van der Waals surface area contributed by atoms with Crippen molar-refractivity contribution in [3.63, 3.8) is 0 Å². The molecule has 1 fully saturated rings. The van der Waals surface area contributed by atoms with Gasteiger partial charge in [-0.2, -0.15) is 0 Å². The number of amides is 1. The van der Waals surface area contributed by atoms with Gasteiger partial charge in [-0.1, -0.05) is 30.3 Å². The molecule has 1 amide bonds. The average molecular weight is 334 g/mol. The Hall–Kier alpha value is -1.92. The van der Waals surface area contributed by atoms with Crippen molar-refractivity contribution in [3.05, 3.63) is 35.9 Å². The second-order valence-electron chi connectivity index (χ2n) is 6.57. The maximum absolute atomic E-state index is 11.9. The highest BCUT2D eigenvalue weighted by atomic mass is 16.5. The van der Waals surface area contributed by atoms with E-state index >= 15 is 0 Å². The molecule has 0 spiro atoms. The van der Waals surface area contributed by atoms with Crippen molar-refractivity contribution < 1.29 is 19.1 Å². The van der Waals surface area contributed by atoms with Crippen molar-refractivity contribution in [2.24, 2.45) is 0 Å². The standard InChI is InChI=1S/C18H26N2O4/c1-18(2)13-24-15(14-7-5-4-6-8-14)12-20(18)10-9-16(21)19-11-17(22)23-3/h4-8,15H,9-13H2,1-3H3,(H,19,21)/t15-/m1/s1. The molecule has 1 heterocycles. The Balaban J connectivity index is 1.89. The predicted octanol–water partition coefficient (Wildman–Crippen LogP) is 1.52. The van der Waals surface area contributed by atoms with Gasteiger partial charge in [0.25, 0.3) is 0 Å². The van der Waals surface area contributed by atoms with E-state index in [2.05, 4.69) is 40.9 Å². The summed E-state index contributed by atoms with van der Waals surface area (Å²) < 4.78 is 10.5. The van der Waals surface area contributed by atoms with E-state index in [0.29, 0.717) is 19.6 Å². The van der Waals surface area contributed by atoms with E-state index in [-0.39, 0.29) is 24.1 Å². The van der Waals surface area contributed by atoms with Crippen LogP contribution in [0.3, 0.4) is 0 Å². The Morgan fingerprint density at radius 2 is 2.04 bits per heavy atom. The van der Waals surface area contributed by atoms with Gasteiger partial charge in [-0.25, -0.2) is 0 Å². The molecule has 24 heavy (non-hydrogen) atoms. The Morgan fingerprint density at radius 1 is 1.33 bits per heavy atom. The molecular weight excluding hydrogens is 308 g/mol. The zero-order valence-corrected chi connectivity index (χ0v) is 14.6. The van der Waals surface area contributed by atoms with Crippen LogP contribution in [0.15, 0.2) is 30.3 Å². The molecule has 0 radical (unpaired) electrons. The number of carbonyl (C=O) groups excluding carboxylic acids is 2. The summed E-state index contributed by atoms with van der Waals surface area (Å²) in [5.74, 6) is -0.599. The molecule has 1 saturated heterocycles. The fourth-order valence-corrected chi connectivity index (χ4v) is 2.73. The molecule has 2 rings (SSSR count). The maximum atomic E-state index is 11.9. The number of hydrogen-bond acceptors (Lipinski definition) is 5. The fraction of sp³-hybridized carbons (Fsp3) is 0.556. The first-order valence-electron chi connectivity index (χ1n) is 8.17. The summed E-state index contributed by atoms with van der Waals surface area (Å²) in [4.78, 5) is 25.2. The minimum Gasteiger partial charge on any atom is -0.468 e. The van der Waals surface area contributed by atoms with Crippen LogP contribution in [-0.2, 0) is 19.1 Å². The molecule has 1 N–H and O–H groups in total. The van der Waals surface area contributed by atoms with Crippen molar-refractivity contribution in [1.82, 2.24) is 10.2 Å². The van der Waals surface area contributed by atoms with Crippen LogP contribution in [0.5, 0.6) is 0 Å². The number of rotatable bonds is 6. The van der Waals surface area contributed by atoms with Gasteiger partial charge in [-0.15, -0.1) is 0 Å². The zero-order valence-electron chi connectivity index (χ0n) is 14.6. The highest BCUT2D eigenvalue weighted by Gasteiger charge is 2.35. The Kier molecular flexibility index (Phi) is 6.34. The average Bonchev–Trinajstić information content (AvgIpc) is 2.59. The van der Waals surface area contributed by atoms with E-state index in [1.807, 2.05) is 18.2 Å². The summed E-state index contributed by atoms with van der Waals surface area (Å²) in [6, 6.07) is 10.1. The molecule has 6 nitrogen and oxygen atoms in total. The normalized spacial score (nSPS) is 20.4. The minimum atomic E-state index is -0.445. The Bertz CT molecular complexity index is 559. The molecule has 132 valence electrons. The van der Waals surface area contributed by atoms with Crippen molar-refractivity contribution >= 4 is 11.9 Å². The first-order valence-corrected chi connectivity index (χ1v) is 8.17. The van der Waals surface area contributed by atoms with Gasteiger partial charge in [0.1, 0.15) is 6.54 Å². The van der Waals surface area contributed by atoms with Gasteiger partial charge in [-0.3, -0.25) is 14.5 Å². The van der Waals surface area contributed by atoms with Crippen LogP contribution in [0.2, 0.25) is 0 Å². The molecule has 0 saturated carbocycles. The number of carbonyl (C=O) groups is 2. The second kappa shape index (κ2) is 8.26. The molecule has 6 heteroatoms. The van der Waals surface area contributed by atoms with Crippen LogP contribution in [0.25, 0.3) is 0 Å². The largest absolute Gasteiger partial charge is 0.468 e. The van der Waals surface area contributed by atoms with E-state index in [1.165, 1.54) is 7.11 Å². The lowest BCUT2D eigenvalue weighted by molar-refractivity contribution is -0.141. The summed E-state index contributed by atoms with van der Waals surface area (Å²) in [6.45, 7) is 6.10. The van der Waals surface area contributed by atoms with Crippen molar-refractivity contribution in [2.45, 2.75) is 31.9 Å². The Morgan fingerprint density at radius 3 is 2.71 bits per heavy atom. The van der Waals surface area contributed by atoms with Crippen LogP contribution in [0.1, 0.15) is 31.9 Å². The van der Waals surface area contributed by atoms with Crippen molar-refractivity contribution in [2.75, 3.05) is 33.4 Å². The number of esters is 1. The van der Waals surface area contributed by atoms with E-state index in [9.17, 15) is 9.59 Å². The molecule has 1 atom stereocenters. The summed E-state index contributed by atoms with van der Waals surface area (Å²) in [6.07, 6.45) is 0.347. The van der Waals surface area contributed by atoms with Gasteiger partial charge in [0.05, 0.1) is 19.8 Å². The lowest BCUT2D eigenvalue weighted by Gasteiger charge is -2.45. The quantitative estimate of drug-likeness (QED) is 0.799. The van der Waals surface area contributed by atoms with Gasteiger partial charge in [0.2, 0.25) is 5.91 Å². The number of ether oxygens (including phenoxy) is 2. The third kappa shape index (κ3) is 5.04. The van der Waals surface area contributed by atoms with Gasteiger partial charge in [0, 0.05) is 25.0 Å². The monoisotopic (exact) mass is 334 g/mol. The highest BCUT2D eigenvalue weighted by molar-refractivity contribution is 5.81. The van der Waals surface area contributed by atoms with Crippen LogP contribution >= 0.6 is 0 Å². The molecule has 1 aliphatic rings.